The van der Waals surface area contributed by atoms with Gasteiger partial charge in [0.15, 0.2) is 0 Å². The van der Waals surface area contributed by atoms with Gasteiger partial charge in [0, 0.05) is 6.04 Å². The van der Waals surface area contributed by atoms with Gasteiger partial charge in [-0.15, -0.1) is 0 Å². The molecule has 0 aromatic carbocycles. The van der Waals surface area contributed by atoms with Gasteiger partial charge in [-0.05, 0) is 39.5 Å². The first-order valence-electron chi connectivity index (χ1n) is 5.18. The molecule has 0 rings (SSSR count). The first-order chi connectivity index (χ1) is 5.78. The molecule has 1 N–H and O–H groups in total. The molecule has 0 spiro atoms. The van der Waals surface area contributed by atoms with Crippen LogP contribution in [0.3, 0.4) is 0 Å². The van der Waals surface area contributed by atoms with Gasteiger partial charge >= 0.3 is 0 Å². The minimum absolute atomic E-state index is 0.700. The second kappa shape index (κ2) is 7.56. The van der Waals surface area contributed by atoms with E-state index < -0.39 is 0 Å². The van der Waals surface area contributed by atoms with Crippen molar-refractivity contribution in [2.24, 2.45) is 0 Å². The van der Waals surface area contributed by atoms with Crippen LogP contribution in [0.15, 0.2) is 0 Å². The van der Waals surface area contributed by atoms with Crippen molar-refractivity contribution >= 4 is 0 Å². The monoisotopic (exact) mass is 172 g/mol. The van der Waals surface area contributed by atoms with E-state index in [4.69, 9.17) is 0 Å². The van der Waals surface area contributed by atoms with Gasteiger partial charge < -0.3 is 10.2 Å². The molecule has 0 saturated heterocycles. The fraction of sp³-hybridized carbons (Fsp3) is 1.00. The molecule has 0 aromatic heterocycles. The molecule has 2 heteroatoms. The molecule has 1 atom stereocenters. The first-order valence-corrected chi connectivity index (χ1v) is 5.18. The van der Waals surface area contributed by atoms with E-state index in [-0.39, 0.29) is 0 Å². The number of rotatable bonds is 7. The lowest BCUT2D eigenvalue weighted by Crippen LogP contribution is -2.31. The summed E-state index contributed by atoms with van der Waals surface area (Å²) in [6, 6.07) is 0.700. The van der Waals surface area contributed by atoms with E-state index in [9.17, 15) is 0 Å². The van der Waals surface area contributed by atoms with Gasteiger partial charge in [0.1, 0.15) is 0 Å². The van der Waals surface area contributed by atoms with Crippen LogP contribution in [0, 0.1) is 0 Å². The van der Waals surface area contributed by atoms with E-state index in [0.717, 1.165) is 0 Å². The average Bonchev–Trinajstić information content (AvgIpc) is 2.13. The second-order valence-electron chi connectivity index (χ2n) is 3.21. The standard InChI is InChI=1S/C10H24N2/c1-5-10(11-4)8-9-12(6-2)7-3/h10-11H,5-9H2,1-4H3. The van der Waals surface area contributed by atoms with Gasteiger partial charge in [-0.2, -0.15) is 0 Å². The summed E-state index contributed by atoms with van der Waals surface area (Å²) in [7, 11) is 2.05. The Kier molecular flexibility index (Phi) is 7.51. The molecule has 0 aromatic rings. The Morgan fingerprint density at radius 1 is 1.17 bits per heavy atom. The SMILES string of the molecule is CCC(CCN(CC)CC)NC. The normalized spacial score (nSPS) is 13.8. The fourth-order valence-corrected chi connectivity index (χ4v) is 1.43. The van der Waals surface area contributed by atoms with Crippen molar-refractivity contribution < 1.29 is 0 Å². The van der Waals surface area contributed by atoms with Gasteiger partial charge in [-0.3, -0.25) is 0 Å². The van der Waals surface area contributed by atoms with E-state index in [1.165, 1.54) is 32.5 Å². The number of nitrogens with zero attached hydrogens (tertiary/aromatic N) is 1. The highest BCUT2D eigenvalue weighted by molar-refractivity contribution is 4.64. The Balaban J connectivity index is 3.49. The van der Waals surface area contributed by atoms with Crippen LogP contribution in [-0.2, 0) is 0 Å². The maximum Gasteiger partial charge on any atom is 0.00736 e. The predicted molar refractivity (Wildman–Crippen MR) is 55.5 cm³/mol. The highest BCUT2D eigenvalue weighted by atomic mass is 15.1. The molecule has 0 aliphatic heterocycles. The third-order valence-electron chi connectivity index (χ3n) is 2.59. The summed E-state index contributed by atoms with van der Waals surface area (Å²) in [5, 5.41) is 3.33. The number of hydrogen-bond donors (Lipinski definition) is 1. The molecule has 74 valence electrons. The van der Waals surface area contributed by atoms with E-state index in [1.54, 1.807) is 0 Å². The molecule has 0 saturated carbocycles. The molecule has 0 aliphatic rings. The Hall–Kier alpha value is -0.0800. The summed E-state index contributed by atoms with van der Waals surface area (Å²) < 4.78 is 0. The van der Waals surface area contributed by atoms with Gasteiger partial charge in [-0.25, -0.2) is 0 Å². The van der Waals surface area contributed by atoms with Crippen molar-refractivity contribution in [2.75, 3.05) is 26.7 Å². The molecule has 0 aliphatic carbocycles. The summed E-state index contributed by atoms with van der Waals surface area (Å²) in [4.78, 5) is 2.47. The molecule has 12 heavy (non-hydrogen) atoms. The van der Waals surface area contributed by atoms with Crippen LogP contribution < -0.4 is 5.32 Å². The van der Waals surface area contributed by atoms with Crippen LogP contribution in [0.4, 0.5) is 0 Å². The second-order valence-corrected chi connectivity index (χ2v) is 3.21. The molecule has 1 unspecified atom stereocenters. The quantitative estimate of drug-likeness (QED) is 0.629. The summed E-state index contributed by atoms with van der Waals surface area (Å²) >= 11 is 0. The Labute approximate surface area is 77.3 Å². The van der Waals surface area contributed by atoms with Gasteiger partial charge in [0.05, 0.1) is 0 Å². The van der Waals surface area contributed by atoms with E-state index in [2.05, 4.69) is 38.0 Å². The molecule has 0 heterocycles. The predicted octanol–water partition coefficient (Wildman–Crippen LogP) is 1.72. The van der Waals surface area contributed by atoms with Crippen LogP contribution in [0.2, 0.25) is 0 Å². The molecule has 0 bridgehead atoms. The van der Waals surface area contributed by atoms with Crippen molar-refractivity contribution in [2.45, 2.75) is 39.7 Å². The molecular weight excluding hydrogens is 148 g/mol. The molecule has 0 radical (unpaired) electrons. The lowest BCUT2D eigenvalue weighted by Gasteiger charge is -2.21. The maximum atomic E-state index is 3.33. The Bertz CT molecular complexity index is 73.8. The lowest BCUT2D eigenvalue weighted by molar-refractivity contribution is 0.282. The highest BCUT2D eigenvalue weighted by Crippen LogP contribution is 1.99. The van der Waals surface area contributed by atoms with Gasteiger partial charge in [0.25, 0.3) is 0 Å². The molecule has 0 fully saturated rings. The van der Waals surface area contributed by atoms with Crippen molar-refractivity contribution in [3.63, 3.8) is 0 Å². The van der Waals surface area contributed by atoms with E-state index >= 15 is 0 Å². The first kappa shape index (κ1) is 11.9. The highest BCUT2D eigenvalue weighted by Gasteiger charge is 2.04. The van der Waals surface area contributed by atoms with Crippen molar-refractivity contribution in [3.8, 4) is 0 Å². The number of nitrogens with one attached hydrogen (secondary N) is 1. The Morgan fingerprint density at radius 2 is 1.75 bits per heavy atom. The van der Waals surface area contributed by atoms with Crippen LogP contribution in [0.1, 0.15) is 33.6 Å². The molecule has 0 amide bonds. The zero-order chi connectivity index (χ0) is 9.40. The van der Waals surface area contributed by atoms with E-state index in [0.29, 0.717) is 6.04 Å². The van der Waals surface area contributed by atoms with Crippen LogP contribution in [0.25, 0.3) is 0 Å². The summed E-state index contributed by atoms with van der Waals surface area (Å²) in [6.07, 6.45) is 2.51. The van der Waals surface area contributed by atoms with Crippen molar-refractivity contribution in [1.29, 1.82) is 0 Å². The third kappa shape index (κ3) is 4.73. The summed E-state index contributed by atoms with van der Waals surface area (Å²) in [6.45, 7) is 10.3. The maximum absolute atomic E-state index is 3.33. The summed E-state index contributed by atoms with van der Waals surface area (Å²) in [5.74, 6) is 0. The fourth-order valence-electron chi connectivity index (χ4n) is 1.43. The smallest absolute Gasteiger partial charge is 0.00736 e. The molecular formula is C10H24N2. The molecule has 2 nitrogen and oxygen atoms in total. The topological polar surface area (TPSA) is 15.3 Å². The van der Waals surface area contributed by atoms with Gasteiger partial charge in [-0.1, -0.05) is 20.8 Å². The van der Waals surface area contributed by atoms with E-state index in [1.807, 2.05) is 0 Å². The number of hydrogen-bond acceptors (Lipinski definition) is 2. The Morgan fingerprint density at radius 3 is 2.08 bits per heavy atom. The minimum atomic E-state index is 0.700. The van der Waals surface area contributed by atoms with Crippen molar-refractivity contribution in [1.82, 2.24) is 10.2 Å². The zero-order valence-electron chi connectivity index (χ0n) is 9.06. The summed E-state index contributed by atoms with van der Waals surface area (Å²) in [5.41, 5.74) is 0. The average molecular weight is 172 g/mol. The van der Waals surface area contributed by atoms with Crippen LogP contribution >= 0.6 is 0 Å². The van der Waals surface area contributed by atoms with Crippen LogP contribution in [-0.4, -0.2) is 37.6 Å². The zero-order valence-corrected chi connectivity index (χ0v) is 9.06. The van der Waals surface area contributed by atoms with Gasteiger partial charge in [0.2, 0.25) is 0 Å². The van der Waals surface area contributed by atoms with Crippen molar-refractivity contribution in [3.05, 3.63) is 0 Å². The lowest BCUT2D eigenvalue weighted by atomic mass is 10.1. The minimum Gasteiger partial charge on any atom is -0.317 e. The largest absolute Gasteiger partial charge is 0.317 e. The van der Waals surface area contributed by atoms with Crippen LogP contribution in [0.5, 0.6) is 0 Å². The third-order valence-corrected chi connectivity index (χ3v) is 2.59.